The summed E-state index contributed by atoms with van der Waals surface area (Å²) in [7, 11) is 0. The molecule has 0 saturated carbocycles. The Bertz CT molecular complexity index is 919. The van der Waals surface area contributed by atoms with Crippen LogP contribution in [-0.4, -0.2) is 22.7 Å². The normalized spacial score (nSPS) is 10.8. The lowest BCUT2D eigenvalue weighted by Gasteiger charge is -2.08. The van der Waals surface area contributed by atoms with Crippen LogP contribution in [0.25, 0.3) is 22.2 Å². The Morgan fingerprint density at radius 1 is 1.20 bits per heavy atom. The van der Waals surface area contributed by atoms with E-state index in [2.05, 4.69) is 14.7 Å². The van der Waals surface area contributed by atoms with Crippen molar-refractivity contribution in [2.45, 2.75) is 13.2 Å². The maximum absolute atomic E-state index is 12.3. The highest BCUT2D eigenvalue weighted by Gasteiger charge is 2.08. The molecule has 0 aliphatic heterocycles. The number of hydrogen-bond acceptors (Lipinski definition) is 5. The summed E-state index contributed by atoms with van der Waals surface area (Å²) in [6, 6.07) is 11.5. The minimum Gasteiger partial charge on any atom is -0.443 e. The minimum absolute atomic E-state index is 0.0553. The molecule has 0 radical (unpaired) electrons. The molecule has 128 valence electrons. The summed E-state index contributed by atoms with van der Waals surface area (Å²) in [5.41, 5.74) is 7.26. The molecular formula is C17H13F2N3O3. The van der Waals surface area contributed by atoms with Gasteiger partial charge in [0.05, 0.1) is 16.9 Å². The van der Waals surface area contributed by atoms with Crippen molar-refractivity contribution in [1.29, 1.82) is 0 Å². The average molecular weight is 345 g/mol. The molecule has 2 aromatic heterocycles. The maximum atomic E-state index is 12.3. The Labute approximate surface area is 141 Å². The number of rotatable bonds is 5. The number of hydrogen-bond donors (Lipinski definition) is 1. The van der Waals surface area contributed by atoms with E-state index in [4.69, 9.17) is 10.5 Å². The quantitative estimate of drug-likeness (QED) is 0.765. The first-order valence-electron chi connectivity index (χ1n) is 7.24. The molecule has 2 N–H and O–H groups in total. The molecule has 0 bridgehead atoms. The number of amides is 1. The van der Waals surface area contributed by atoms with Gasteiger partial charge in [0.25, 0.3) is 0 Å². The second kappa shape index (κ2) is 7.08. The lowest BCUT2D eigenvalue weighted by atomic mass is 10.1. The number of alkyl halides is 2. The molecule has 3 rings (SSSR count). The third-order valence-corrected chi connectivity index (χ3v) is 3.35. The Morgan fingerprint density at radius 2 is 2.04 bits per heavy atom. The first-order chi connectivity index (χ1) is 12.0. The fourth-order valence-corrected chi connectivity index (χ4v) is 2.27. The highest BCUT2D eigenvalue weighted by atomic mass is 19.3. The Morgan fingerprint density at radius 3 is 2.80 bits per heavy atom. The number of halogens is 2. The van der Waals surface area contributed by atoms with E-state index >= 15 is 0 Å². The first-order valence-corrected chi connectivity index (χ1v) is 7.24. The van der Waals surface area contributed by atoms with Crippen molar-refractivity contribution < 1.29 is 23.0 Å². The standard InChI is InChI=1S/C17H13F2N3O3/c18-16(19)25-13-3-1-2-10(6-13)14-5-4-11-8-21-12(7-15(11)22-14)9-24-17(20)23/h1-8,16H,9H2,(H2,20,23). The van der Waals surface area contributed by atoms with Crippen molar-refractivity contribution in [2.75, 3.05) is 0 Å². The van der Waals surface area contributed by atoms with Crippen LogP contribution >= 0.6 is 0 Å². The summed E-state index contributed by atoms with van der Waals surface area (Å²) in [5.74, 6) is 0.0553. The summed E-state index contributed by atoms with van der Waals surface area (Å²) in [6.45, 7) is -2.95. The molecular weight excluding hydrogens is 332 g/mol. The van der Waals surface area contributed by atoms with Gasteiger partial charge >= 0.3 is 12.7 Å². The summed E-state index contributed by atoms with van der Waals surface area (Å²) in [5, 5.41) is 0.784. The van der Waals surface area contributed by atoms with Crippen LogP contribution in [0.4, 0.5) is 13.6 Å². The van der Waals surface area contributed by atoms with Crippen LogP contribution in [-0.2, 0) is 11.3 Å². The van der Waals surface area contributed by atoms with E-state index in [0.717, 1.165) is 5.39 Å². The zero-order chi connectivity index (χ0) is 17.8. The van der Waals surface area contributed by atoms with Crippen LogP contribution in [0.5, 0.6) is 5.75 Å². The molecule has 2 heterocycles. The number of ether oxygens (including phenoxy) is 2. The van der Waals surface area contributed by atoms with Gasteiger partial charge in [-0.15, -0.1) is 0 Å². The number of primary amides is 1. The van der Waals surface area contributed by atoms with Gasteiger partial charge in [-0.3, -0.25) is 4.98 Å². The summed E-state index contributed by atoms with van der Waals surface area (Å²) in [6.07, 6.45) is 0.710. The molecule has 0 unspecified atom stereocenters. The van der Waals surface area contributed by atoms with Gasteiger partial charge < -0.3 is 15.2 Å². The predicted octanol–water partition coefficient (Wildman–Crippen LogP) is 3.49. The van der Waals surface area contributed by atoms with Gasteiger partial charge in [0.1, 0.15) is 12.4 Å². The molecule has 0 fully saturated rings. The molecule has 1 amide bonds. The van der Waals surface area contributed by atoms with Crippen LogP contribution in [0.2, 0.25) is 0 Å². The highest BCUT2D eigenvalue weighted by molar-refractivity contribution is 5.81. The second-order valence-corrected chi connectivity index (χ2v) is 5.08. The smallest absolute Gasteiger partial charge is 0.404 e. The number of aromatic nitrogens is 2. The van der Waals surface area contributed by atoms with Gasteiger partial charge in [-0.05, 0) is 30.3 Å². The molecule has 0 atom stereocenters. The van der Waals surface area contributed by atoms with Crippen molar-refractivity contribution in [1.82, 2.24) is 9.97 Å². The molecule has 0 aliphatic carbocycles. The molecule has 6 nitrogen and oxygen atoms in total. The van der Waals surface area contributed by atoms with Crippen molar-refractivity contribution in [2.24, 2.45) is 5.73 Å². The third kappa shape index (κ3) is 4.17. The lowest BCUT2D eigenvalue weighted by molar-refractivity contribution is -0.0498. The largest absolute Gasteiger partial charge is 0.443 e. The number of pyridine rings is 2. The van der Waals surface area contributed by atoms with E-state index < -0.39 is 12.7 Å². The lowest BCUT2D eigenvalue weighted by Crippen LogP contribution is -2.13. The van der Waals surface area contributed by atoms with Gasteiger partial charge in [-0.2, -0.15) is 8.78 Å². The van der Waals surface area contributed by atoms with E-state index in [1.165, 1.54) is 12.1 Å². The molecule has 0 spiro atoms. The van der Waals surface area contributed by atoms with Crippen molar-refractivity contribution in [3.8, 4) is 17.0 Å². The SMILES string of the molecule is NC(=O)OCc1cc2nc(-c3cccc(OC(F)F)c3)ccc2cn1. The second-order valence-electron chi connectivity index (χ2n) is 5.08. The van der Waals surface area contributed by atoms with Crippen LogP contribution in [0, 0.1) is 0 Å². The maximum Gasteiger partial charge on any atom is 0.404 e. The zero-order valence-electron chi connectivity index (χ0n) is 12.9. The van der Waals surface area contributed by atoms with E-state index in [0.29, 0.717) is 22.5 Å². The van der Waals surface area contributed by atoms with Crippen LogP contribution in [0.3, 0.4) is 0 Å². The van der Waals surface area contributed by atoms with Crippen molar-refractivity contribution in [3.05, 3.63) is 54.4 Å². The van der Waals surface area contributed by atoms with Crippen LogP contribution in [0.15, 0.2) is 48.7 Å². The Balaban J connectivity index is 1.93. The summed E-state index contributed by atoms with van der Waals surface area (Å²) in [4.78, 5) is 19.3. The van der Waals surface area contributed by atoms with E-state index in [9.17, 15) is 13.6 Å². The van der Waals surface area contributed by atoms with Crippen molar-refractivity contribution in [3.63, 3.8) is 0 Å². The average Bonchev–Trinajstić information content (AvgIpc) is 2.59. The molecule has 0 saturated heterocycles. The minimum atomic E-state index is -2.89. The number of carbonyl (C=O) groups is 1. The predicted molar refractivity (Wildman–Crippen MR) is 86.0 cm³/mol. The number of fused-ring (bicyclic) bond motifs is 1. The van der Waals surface area contributed by atoms with Crippen LogP contribution < -0.4 is 10.5 Å². The van der Waals surface area contributed by atoms with Crippen LogP contribution in [0.1, 0.15) is 5.69 Å². The van der Waals surface area contributed by atoms with E-state index in [-0.39, 0.29) is 12.4 Å². The summed E-state index contributed by atoms with van der Waals surface area (Å²) >= 11 is 0. The van der Waals surface area contributed by atoms with Gasteiger partial charge in [-0.25, -0.2) is 9.78 Å². The molecule has 0 aliphatic rings. The number of benzene rings is 1. The van der Waals surface area contributed by atoms with Gasteiger partial charge in [0.15, 0.2) is 0 Å². The zero-order valence-corrected chi connectivity index (χ0v) is 12.9. The van der Waals surface area contributed by atoms with Gasteiger partial charge in [0.2, 0.25) is 0 Å². The number of nitrogens with two attached hydrogens (primary N) is 1. The number of nitrogens with zero attached hydrogens (tertiary/aromatic N) is 2. The molecule has 3 aromatic rings. The summed E-state index contributed by atoms with van der Waals surface area (Å²) < 4.78 is 33.8. The molecule has 1 aromatic carbocycles. The monoisotopic (exact) mass is 345 g/mol. The highest BCUT2D eigenvalue weighted by Crippen LogP contribution is 2.25. The van der Waals surface area contributed by atoms with Crippen molar-refractivity contribution >= 4 is 17.0 Å². The molecule has 8 heteroatoms. The van der Waals surface area contributed by atoms with E-state index in [1.807, 2.05) is 6.07 Å². The Hall–Kier alpha value is -3.29. The van der Waals surface area contributed by atoms with E-state index in [1.54, 1.807) is 30.5 Å². The third-order valence-electron chi connectivity index (χ3n) is 3.35. The topological polar surface area (TPSA) is 87.3 Å². The van der Waals surface area contributed by atoms with Gasteiger partial charge in [0, 0.05) is 17.1 Å². The first kappa shape index (κ1) is 16.6. The number of carbonyl (C=O) groups excluding carboxylic acids is 1. The fraction of sp³-hybridized carbons (Fsp3) is 0.118. The Kier molecular flexibility index (Phi) is 4.69. The van der Waals surface area contributed by atoms with Gasteiger partial charge in [-0.1, -0.05) is 12.1 Å². The fourth-order valence-electron chi connectivity index (χ4n) is 2.27. The molecule has 25 heavy (non-hydrogen) atoms.